The minimum atomic E-state index is -1.36. The van der Waals surface area contributed by atoms with Crippen molar-refractivity contribution in [2.45, 2.75) is 20.0 Å². The molecule has 0 aliphatic heterocycles. The lowest BCUT2D eigenvalue weighted by molar-refractivity contribution is 0.0926. The van der Waals surface area contributed by atoms with Gasteiger partial charge in [0.05, 0.1) is 5.56 Å². The number of aromatic nitrogens is 1. The number of nitrogens with zero attached hydrogens (tertiary/aromatic N) is 2. The zero-order valence-electron chi connectivity index (χ0n) is 15.7. The van der Waals surface area contributed by atoms with E-state index in [4.69, 9.17) is 10.5 Å². The predicted molar refractivity (Wildman–Crippen MR) is 99.8 cm³/mol. The summed E-state index contributed by atoms with van der Waals surface area (Å²) >= 11 is 0.861. The van der Waals surface area contributed by atoms with Crippen LogP contribution in [-0.4, -0.2) is 41.3 Å². The lowest BCUT2D eigenvalue weighted by Crippen LogP contribution is -2.47. The van der Waals surface area contributed by atoms with E-state index >= 15 is 0 Å². The molecule has 4 N–H and O–H groups in total. The Morgan fingerprint density at radius 2 is 2.00 bits per heavy atom. The number of hydrogen-bond donors (Lipinski definition) is 3. The molecule has 0 saturated heterocycles. The normalized spacial score (nSPS) is 10.6. The number of ether oxygens (including phenoxy) is 1. The van der Waals surface area contributed by atoms with Crippen molar-refractivity contribution in [2.75, 3.05) is 20.1 Å². The smallest absolute Gasteiger partial charge is 0.335 e. The molecule has 12 heteroatoms. The quantitative estimate of drug-likeness (QED) is 0.459. The summed E-state index contributed by atoms with van der Waals surface area (Å²) in [6.45, 7) is 1.37. The summed E-state index contributed by atoms with van der Waals surface area (Å²) in [5.41, 5.74) is 8.91. The Morgan fingerprint density at radius 3 is 2.69 bits per heavy atom. The van der Waals surface area contributed by atoms with Gasteiger partial charge in [0, 0.05) is 19.0 Å². The fourth-order valence-electron chi connectivity index (χ4n) is 2.21. The number of carbonyl (C=O) groups is 2. The van der Waals surface area contributed by atoms with E-state index < -0.39 is 41.6 Å². The molecule has 158 valence electrons. The maximum atomic E-state index is 13.9. The van der Waals surface area contributed by atoms with E-state index in [9.17, 15) is 22.8 Å². The molecule has 0 spiro atoms. The average Bonchev–Trinajstić information content (AvgIpc) is 3.16. The maximum Gasteiger partial charge on any atom is 0.335 e. The van der Waals surface area contributed by atoms with Crippen LogP contribution in [0.3, 0.4) is 0 Å². The first-order valence-electron chi connectivity index (χ1n) is 8.47. The largest absolute Gasteiger partial charge is 0.471 e. The fraction of sp³-hybridized carbons (Fsp3) is 0.353. The molecule has 0 aliphatic rings. The first kappa shape index (κ1) is 22.4. The third kappa shape index (κ3) is 5.57. The van der Waals surface area contributed by atoms with Crippen molar-refractivity contribution in [2.24, 2.45) is 5.73 Å². The van der Waals surface area contributed by atoms with Gasteiger partial charge in [-0.05, 0) is 43.1 Å². The number of aryl methyl sites for hydroxylation is 1. The van der Waals surface area contributed by atoms with Crippen LogP contribution in [0.1, 0.15) is 27.9 Å². The molecule has 2 aromatic rings. The standard InChI is InChI=1S/C17H20F3N5O3S/c1-9-6-12(18)10(14(20)13(9)19)7-28-16-11(8-29-24-16)15(26)22-23-17(27)25(2)5-3-4-21/h6,8H,3-5,7,21H2,1-2H3,(H,22,26)(H,23,27). The Kier molecular flexibility index (Phi) is 7.79. The van der Waals surface area contributed by atoms with E-state index in [1.165, 1.54) is 24.3 Å². The number of nitrogens with two attached hydrogens (primary N) is 1. The third-order valence-electron chi connectivity index (χ3n) is 3.90. The van der Waals surface area contributed by atoms with E-state index in [-0.39, 0.29) is 17.0 Å². The van der Waals surface area contributed by atoms with Crippen LogP contribution in [0.5, 0.6) is 5.88 Å². The zero-order chi connectivity index (χ0) is 21.6. The van der Waals surface area contributed by atoms with Gasteiger partial charge >= 0.3 is 6.03 Å². The van der Waals surface area contributed by atoms with Crippen LogP contribution in [0.4, 0.5) is 18.0 Å². The summed E-state index contributed by atoms with van der Waals surface area (Å²) < 4.78 is 50.5. The van der Waals surface area contributed by atoms with Crippen molar-refractivity contribution in [1.82, 2.24) is 20.1 Å². The number of halogens is 3. The Balaban J connectivity index is 2.00. The molecule has 0 aliphatic carbocycles. The third-order valence-corrected chi connectivity index (χ3v) is 4.51. The molecule has 0 bridgehead atoms. The molecule has 0 unspecified atom stereocenters. The number of carbonyl (C=O) groups excluding carboxylic acids is 2. The highest BCUT2D eigenvalue weighted by Crippen LogP contribution is 2.24. The van der Waals surface area contributed by atoms with E-state index in [0.29, 0.717) is 19.5 Å². The van der Waals surface area contributed by atoms with Crippen LogP contribution in [0.15, 0.2) is 11.4 Å². The first-order chi connectivity index (χ1) is 13.8. The van der Waals surface area contributed by atoms with Crippen LogP contribution in [-0.2, 0) is 6.61 Å². The minimum absolute atomic E-state index is 0.0617. The molecule has 1 heterocycles. The van der Waals surface area contributed by atoms with Crippen molar-refractivity contribution in [3.8, 4) is 5.88 Å². The molecule has 3 amide bonds. The summed E-state index contributed by atoms with van der Waals surface area (Å²) in [6.07, 6.45) is 0.594. The van der Waals surface area contributed by atoms with Gasteiger partial charge in [-0.25, -0.2) is 23.4 Å². The number of nitrogens with one attached hydrogen (secondary N) is 2. The Hall–Kier alpha value is -2.86. The molecule has 1 aromatic carbocycles. The van der Waals surface area contributed by atoms with Gasteiger partial charge in [0.2, 0.25) is 5.88 Å². The number of benzene rings is 1. The van der Waals surface area contributed by atoms with Crippen molar-refractivity contribution in [3.05, 3.63) is 45.6 Å². The van der Waals surface area contributed by atoms with E-state index in [1.54, 1.807) is 0 Å². The number of rotatable bonds is 7. The first-order valence-corrected chi connectivity index (χ1v) is 9.31. The Bertz CT molecular complexity index is 893. The van der Waals surface area contributed by atoms with E-state index in [1.807, 2.05) is 0 Å². The van der Waals surface area contributed by atoms with Crippen molar-refractivity contribution < 1.29 is 27.5 Å². The number of hydrogen-bond acceptors (Lipinski definition) is 6. The maximum absolute atomic E-state index is 13.9. The highest BCUT2D eigenvalue weighted by molar-refractivity contribution is 7.04. The Morgan fingerprint density at radius 1 is 1.28 bits per heavy atom. The number of amides is 3. The van der Waals surface area contributed by atoms with Gasteiger partial charge in [0.15, 0.2) is 11.6 Å². The van der Waals surface area contributed by atoms with Crippen molar-refractivity contribution >= 4 is 23.5 Å². The highest BCUT2D eigenvalue weighted by atomic mass is 32.1. The average molecular weight is 431 g/mol. The molecule has 0 fully saturated rings. The van der Waals surface area contributed by atoms with E-state index in [2.05, 4.69) is 15.2 Å². The zero-order valence-corrected chi connectivity index (χ0v) is 16.5. The predicted octanol–water partition coefficient (Wildman–Crippen LogP) is 2.08. The summed E-state index contributed by atoms with van der Waals surface area (Å²) in [5, 5.41) is 1.33. The van der Waals surface area contributed by atoms with Gasteiger partial charge < -0.3 is 15.4 Å². The second-order valence-corrected chi connectivity index (χ2v) is 6.68. The molecule has 0 saturated carbocycles. The molecule has 1 aromatic heterocycles. The fourth-order valence-corrected chi connectivity index (χ4v) is 2.82. The van der Waals surface area contributed by atoms with Crippen LogP contribution in [0.25, 0.3) is 0 Å². The second-order valence-electron chi connectivity index (χ2n) is 6.05. The molecular weight excluding hydrogens is 411 g/mol. The van der Waals surface area contributed by atoms with Crippen LogP contribution in [0, 0.1) is 24.4 Å². The van der Waals surface area contributed by atoms with E-state index in [0.717, 1.165) is 17.6 Å². The summed E-state index contributed by atoms with van der Waals surface area (Å²) in [4.78, 5) is 25.4. The van der Waals surface area contributed by atoms with Gasteiger partial charge in [-0.3, -0.25) is 10.2 Å². The molecule has 2 rings (SSSR count). The Labute approximate surface area is 169 Å². The molecule has 29 heavy (non-hydrogen) atoms. The SMILES string of the molecule is Cc1cc(F)c(COc2nscc2C(=O)NNC(=O)N(C)CCCN)c(F)c1F. The molecule has 8 nitrogen and oxygen atoms in total. The molecule has 0 atom stereocenters. The monoisotopic (exact) mass is 431 g/mol. The lowest BCUT2D eigenvalue weighted by Gasteiger charge is -2.17. The van der Waals surface area contributed by atoms with Crippen molar-refractivity contribution in [3.63, 3.8) is 0 Å². The summed E-state index contributed by atoms with van der Waals surface area (Å²) in [6, 6.07) is 0.291. The second kappa shape index (κ2) is 10.1. The van der Waals surface area contributed by atoms with Gasteiger partial charge in [-0.2, -0.15) is 4.37 Å². The number of hydrazine groups is 1. The van der Waals surface area contributed by atoms with Gasteiger partial charge in [-0.15, -0.1) is 0 Å². The topological polar surface area (TPSA) is 110 Å². The molecular formula is C17H20F3N5O3S. The highest BCUT2D eigenvalue weighted by Gasteiger charge is 2.21. The van der Waals surface area contributed by atoms with Gasteiger partial charge in [-0.1, -0.05) is 0 Å². The lowest BCUT2D eigenvalue weighted by atomic mass is 10.1. The summed E-state index contributed by atoms with van der Waals surface area (Å²) in [5.74, 6) is -4.47. The van der Waals surface area contributed by atoms with Crippen LogP contribution >= 0.6 is 11.5 Å². The van der Waals surface area contributed by atoms with Gasteiger partial charge in [0.25, 0.3) is 5.91 Å². The van der Waals surface area contributed by atoms with Crippen LogP contribution in [0.2, 0.25) is 0 Å². The van der Waals surface area contributed by atoms with Gasteiger partial charge in [0.1, 0.15) is 18.0 Å². The molecule has 0 radical (unpaired) electrons. The number of urea groups is 1. The van der Waals surface area contributed by atoms with Crippen molar-refractivity contribution in [1.29, 1.82) is 0 Å². The summed E-state index contributed by atoms with van der Waals surface area (Å²) in [7, 11) is 1.53. The van der Waals surface area contributed by atoms with Crippen LogP contribution < -0.4 is 21.3 Å². The minimum Gasteiger partial charge on any atom is -0.471 e.